The second-order valence-corrected chi connectivity index (χ2v) is 10.1. The van der Waals surface area contributed by atoms with Gasteiger partial charge in [-0.2, -0.15) is 5.26 Å². The van der Waals surface area contributed by atoms with Crippen molar-refractivity contribution in [3.8, 4) is 11.8 Å². The highest BCUT2D eigenvalue weighted by atomic mass is 16.5. The first-order valence-electron chi connectivity index (χ1n) is 14.0. The molecule has 1 aliphatic rings. The van der Waals surface area contributed by atoms with E-state index in [0.717, 1.165) is 0 Å². The molecule has 1 aliphatic heterocycles. The van der Waals surface area contributed by atoms with Gasteiger partial charge in [-0.3, -0.25) is 9.69 Å². The summed E-state index contributed by atoms with van der Waals surface area (Å²) >= 11 is 0. The number of nitrogens with zero attached hydrogens (tertiary/aromatic N) is 6. The topological polar surface area (TPSA) is 158 Å². The molecule has 3 heterocycles. The van der Waals surface area contributed by atoms with Crippen LogP contribution in [0.5, 0.6) is 0 Å². The van der Waals surface area contributed by atoms with Gasteiger partial charge >= 0.3 is 11.9 Å². The lowest BCUT2D eigenvalue weighted by Crippen LogP contribution is -2.40. The smallest absolute Gasteiger partial charge is 0.355 e. The van der Waals surface area contributed by atoms with Crippen LogP contribution in [-0.4, -0.2) is 45.7 Å². The van der Waals surface area contributed by atoms with E-state index in [1.807, 2.05) is 31.2 Å². The minimum Gasteiger partial charge on any atom is -0.466 e. The van der Waals surface area contributed by atoms with Gasteiger partial charge in [0.25, 0.3) is 5.56 Å². The van der Waals surface area contributed by atoms with Gasteiger partial charge in [0.2, 0.25) is 0 Å². The summed E-state index contributed by atoms with van der Waals surface area (Å²) in [5.74, 6) is -2.77. The van der Waals surface area contributed by atoms with Crippen LogP contribution in [0.4, 0.5) is 5.69 Å². The maximum absolute atomic E-state index is 13.8. The standard InChI is InChI=1S/C33H27N7O5/c1-4-38-25-17-21(15-14-20(25)16-26(31(38)41)40-36-23-12-8-9-13-24(23)37-40)39-29(33(43)45-3)28(32(42)44-2)27(22(18-34)30(39)35)19-10-6-5-7-11-19/h5-17,27H,4,35H2,1-3H3. The van der Waals surface area contributed by atoms with Gasteiger partial charge in [-0.05, 0) is 42.8 Å². The number of rotatable bonds is 6. The Morgan fingerprint density at radius 2 is 1.58 bits per heavy atom. The fourth-order valence-corrected chi connectivity index (χ4v) is 5.69. The van der Waals surface area contributed by atoms with Gasteiger partial charge in [-0.1, -0.05) is 48.5 Å². The summed E-state index contributed by atoms with van der Waals surface area (Å²) in [4.78, 5) is 43.2. The number of nitriles is 1. The SMILES string of the molecule is CCn1c(=O)c(-n2nc3ccccc3n2)cc2ccc(N3C(N)=C(C#N)C(c4ccccc4)C(C(=O)OC)=C3C(=O)OC)cc21. The quantitative estimate of drug-likeness (QED) is 0.285. The lowest BCUT2D eigenvalue weighted by molar-refractivity contribution is -0.139. The Kier molecular flexibility index (Phi) is 7.35. The van der Waals surface area contributed by atoms with E-state index in [1.165, 1.54) is 23.9 Å². The molecule has 3 aromatic carbocycles. The molecule has 2 N–H and O–H groups in total. The highest BCUT2D eigenvalue weighted by molar-refractivity contribution is 6.06. The largest absolute Gasteiger partial charge is 0.466 e. The number of hydrogen-bond acceptors (Lipinski definition) is 10. The molecule has 224 valence electrons. The average molecular weight is 602 g/mol. The van der Waals surface area contributed by atoms with E-state index < -0.39 is 17.9 Å². The monoisotopic (exact) mass is 601 g/mol. The van der Waals surface area contributed by atoms with Crippen LogP contribution in [0.1, 0.15) is 18.4 Å². The number of benzene rings is 3. The molecule has 1 unspecified atom stereocenters. The zero-order chi connectivity index (χ0) is 31.8. The minimum absolute atomic E-state index is 0.0365. The Hall–Kier alpha value is -6.22. The second-order valence-electron chi connectivity index (χ2n) is 10.1. The van der Waals surface area contributed by atoms with Gasteiger partial charge in [-0.25, -0.2) is 9.59 Å². The highest BCUT2D eigenvalue weighted by Gasteiger charge is 2.43. The Bertz CT molecular complexity index is 2140. The number of esters is 2. The molecular formula is C33H27N7O5. The Morgan fingerprint density at radius 3 is 2.18 bits per heavy atom. The summed E-state index contributed by atoms with van der Waals surface area (Å²) in [6.45, 7) is 2.12. The number of ether oxygens (including phenoxy) is 2. The summed E-state index contributed by atoms with van der Waals surface area (Å²) in [5.41, 5.74) is 8.98. The molecule has 0 radical (unpaired) electrons. The third-order valence-electron chi connectivity index (χ3n) is 7.75. The number of fused-ring (bicyclic) bond motifs is 2. The number of aryl methyl sites for hydroxylation is 1. The van der Waals surface area contributed by atoms with E-state index in [1.54, 1.807) is 59.2 Å². The molecule has 1 atom stereocenters. The third kappa shape index (κ3) is 4.67. The Morgan fingerprint density at radius 1 is 0.933 bits per heavy atom. The molecular weight excluding hydrogens is 574 g/mol. The number of aromatic nitrogens is 4. The van der Waals surface area contributed by atoms with E-state index in [0.29, 0.717) is 39.7 Å². The van der Waals surface area contributed by atoms with Crippen molar-refractivity contribution in [3.05, 3.63) is 117 Å². The summed E-state index contributed by atoms with van der Waals surface area (Å²) in [5, 5.41) is 20.0. The van der Waals surface area contributed by atoms with Gasteiger partial charge in [0.05, 0.1) is 42.9 Å². The first kappa shape index (κ1) is 28.9. The summed E-state index contributed by atoms with van der Waals surface area (Å²) in [6.07, 6.45) is 0. The molecule has 0 spiro atoms. The number of methoxy groups -OCH3 is 2. The van der Waals surface area contributed by atoms with Crippen molar-refractivity contribution in [2.24, 2.45) is 5.73 Å². The second kappa shape index (κ2) is 11.5. The molecule has 0 bridgehead atoms. The number of carbonyl (C=O) groups excluding carboxylic acids is 2. The van der Waals surface area contributed by atoms with Crippen molar-refractivity contribution >= 4 is 39.6 Å². The molecule has 0 amide bonds. The maximum Gasteiger partial charge on any atom is 0.355 e. The third-order valence-corrected chi connectivity index (χ3v) is 7.75. The van der Waals surface area contributed by atoms with Crippen molar-refractivity contribution in [1.82, 2.24) is 19.6 Å². The van der Waals surface area contributed by atoms with Gasteiger partial charge < -0.3 is 19.8 Å². The van der Waals surface area contributed by atoms with E-state index in [4.69, 9.17) is 15.2 Å². The lowest BCUT2D eigenvalue weighted by atomic mass is 9.81. The van der Waals surface area contributed by atoms with E-state index in [-0.39, 0.29) is 33.9 Å². The number of anilines is 1. The summed E-state index contributed by atoms with van der Waals surface area (Å²) < 4.78 is 11.8. The molecule has 0 saturated heterocycles. The molecule has 6 rings (SSSR count). The van der Waals surface area contributed by atoms with Crippen LogP contribution < -0.4 is 16.2 Å². The van der Waals surface area contributed by atoms with E-state index in [9.17, 15) is 19.6 Å². The first-order valence-corrected chi connectivity index (χ1v) is 14.0. The van der Waals surface area contributed by atoms with Crippen LogP contribution in [0.15, 0.2) is 106 Å². The van der Waals surface area contributed by atoms with Crippen molar-refractivity contribution in [1.29, 1.82) is 5.26 Å². The first-order chi connectivity index (χ1) is 21.8. The molecule has 0 fully saturated rings. The molecule has 2 aromatic heterocycles. The van der Waals surface area contributed by atoms with E-state index in [2.05, 4.69) is 16.3 Å². The van der Waals surface area contributed by atoms with E-state index >= 15 is 0 Å². The average Bonchev–Trinajstić information content (AvgIpc) is 3.51. The normalized spacial score (nSPS) is 15.0. The van der Waals surface area contributed by atoms with Crippen LogP contribution in [-0.2, 0) is 25.6 Å². The maximum atomic E-state index is 13.8. The summed E-state index contributed by atoms with van der Waals surface area (Å²) in [7, 11) is 2.37. The number of pyridine rings is 1. The van der Waals surface area contributed by atoms with Crippen molar-refractivity contribution in [3.63, 3.8) is 0 Å². The van der Waals surface area contributed by atoms with Crippen molar-refractivity contribution in [2.75, 3.05) is 19.1 Å². The van der Waals surface area contributed by atoms with Gasteiger partial charge in [0.1, 0.15) is 22.6 Å². The van der Waals surface area contributed by atoms with Crippen LogP contribution in [0.2, 0.25) is 0 Å². The van der Waals surface area contributed by atoms with Gasteiger partial charge in [-0.15, -0.1) is 15.0 Å². The molecule has 12 heteroatoms. The van der Waals surface area contributed by atoms with Gasteiger partial charge in [0.15, 0.2) is 5.69 Å². The predicted octanol–water partition coefficient (Wildman–Crippen LogP) is 3.65. The van der Waals surface area contributed by atoms with Crippen LogP contribution in [0.25, 0.3) is 27.6 Å². The zero-order valence-corrected chi connectivity index (χ0v) is 24.6. The highest BCUT2D eigenvalue weighted by Crippen LogP contribution is 2.43. The number of nitrogens with two attached hydrogens (primary N) is 1. The molecule has 12 nitrogen and oxygen atoms in total. The predicted molar refractivity (Wildman–Crippen MR) is 166 cm³/mol. The summed E-state index contributed by atoms with van der Waals surface area (Å²) in [6, 6.07) is 25.0. The fourth-order valence-electron chi connectivity index (χ4n) is 5.69. The van der Waals surface area contributed by atoms with Gasteiger partial charge in [0, 0.05) is 17.6 Å². The van der Waals surface area contributed by atoms with Crippen LogP contribution in [0, 0.1) is 11.3 Å². The minimum atomic E-state index is -0.997. The van der Waals surface area contributed by atoms with Crippen LogP contribution >= 0.6 is 0 Å². The Labute approximate surface area is 256 Å². The number of carbonyl (C=O) groups is 2. The lowest BCUT2D eigenvalue weighted by Gasteiger charge is -2.36. The molecule has 5 aromatic rings. The molecule has 0 saturated carbocycles. The van der Waals surface area contributed by atoms with Crippen molar-refractivity contribution < 1.29 is 19.1 Å². The number of hydrogen-bond donors (Lipinski definition) is 1. The molecule has 0 aliphatic carbocycles. The fraction of sp³-hybridized carbons (Fsp3) is 0.152. The molecule has 45 heavy (non-hydrogen) atoms. The van der Waals surface area contributed by atoms with Crippen LogP contribution in [0.3, 0.4) is 0 Å². The zero-order valence-electron chi connectivity index (χ0n) is 24.6. The number of allylic oxidation sites excluding steroid dienone is 1. The van der Waals surface area contributed by atoms with Crippen molar-refractivity contribution in [2.45, 2.75) is 19.4 Å². The Balaban J connectivity index is 1.60.